The number of carbonyl (C=O) groups is 1. The highest BCUT2D eigenvalue weighted by Gasteiger charge is 2.62. The second kappa shape index (κ2) is 15.3. The lowest BCUT2D eigenvalue weighted by Crippen LogP contribution is -2.50. The number of carbonyl (C=O) groups excluding carboxylic acids is 1. The predicted molar refractivity (Wildman–Crippen MR) is 160 cm³/mol. The summed E-state index contributed by atoms with van der Waals surface area (Å²) in [6.07, 6.45) is -33.5. The molecule has 0 fully saturated rings. The van der Waals surface area contributed by atoms with Crippen molar-refractivity contribution < 1.29 is 80.5 Å². The summed E-state index contributed by atoms with van der Waals surface area (Å²) in [5.41, 5.74) is -3.76. The van der Waals surface area contributed by atoms with Gasteiger partial charge in [-0.15, -0.1) is 0 Å². The number of pyridine rings is 1. The third kappa shape index (κ3) is 9.66. The Morgan fingerprint density at radius 3 is 1.89 bits per heavy atom. The minimum absolute atomic E-state index is 0.00131. The van der Waals surface area contributed by atoms with Crippen LogP contribution in [-0.2, 0) is 12.0 Å². The highest BCUT2D eigenvalue weighted by atomic mass is 35.5. The molecule has 3 aromatic carbocycles. The van der Waals surface area contributed by atoms with E-state index in [1.54, 1.807) is 11.4 Å². The highest BCUT2D eigenvalue weighted by Crippen LogP contribution is 2.43. The molecule has 292 valence electrons. The maximum atomic E-state index is 13.9. The number of hydrogen-bond acceptors (Lipinski definition) is 5. The van der Waals surface area contributed by atoms with E-state index in [-0.39, 0.29) is 34.5 Å². The smallest absolute Gasteiger partial charge is 0.428 e. The minimum Gasteiger partial charge on any atom is -0.428 e. The molecule has 1 heterocycles. The van der Waals surface area contributed by atoms with Crippen LogP contribution in [-0.4, -0.2) is 48.1 Å². The molecule has 0 aliphatic carbocycles. The lowest BCUT2D eigenvalue weighted by molar-refractivity contribution is -0.361. The molecule has 1 atom stereocenters. The second-order valence-corrected chi connectivity index (χ2v) is 11.3. The Hall–Kier alpha value is -5.21. The molecule has 0 aliphatic heterocycles. The van der Waals surface area contributed by atoms with Crippen LogP contribution in [0.3, 0.4) is 0 Å². The van der Waals surface area contributed by atoms with Gasteiger partial charge < -0.3 is 24.8 Å². The molecule has 0 saturated carbocycles. The summed E-state index contributed by atoms with van der Waals surface area (Å²) < 4.78 is 198. The zero-order chi connectivity index (χ0) is 40.3. The van der Waals surface area contributed by atoms with E-state index in [2.05, 4.69) is 24.5 Å². The Labute approximate surface area is 298 Å². The van der Waals surface area contributed by atoms with Gasteiger partial charge in [0.15, 0.2) is 5.75 Å². The van der Waals surface area contributed by atoms with E-state index in [0.717, 1.165) is 30.5 Å². The van der Waals surface area contributed by atoms with Gasteiger partial charge in [-0.05, 0) is 47.5 Å². The fourth-order valence-corrected chi connectivity index (χ4v) is 4.70. The van der Waals surface area contributed by atoms with Gasteiger partial charge in [-0.25, -0.2) is 4.79 Å². The monoisotopic (exact) mass is 811 g/mol. The molecule has 4 rings (SSSR count). The van der Waals surface area contributed by atoms with Crippen molar-refractivity contribution in [1.29, 1.82) is 0 Å². The topological polar surface area (TPSA) is 81.7 Å². The summed E-state index contributed by atoms with van der Waals surface area (Å²) in [7, 11) is 0. The molecule has 2 amide bonds. The number of urea groups is 1. The number of amides is 2. The molecule has 0 bridgehead atoms. The zero-order valence-electron chi connectivity index (χ0n) is 26.2. The van der Waals surface area contributed by atoms with Crippen LogP contribution in [0.1, 0.15) is 16.8 Å². The van der Waals surface area contributed by atoms with Crippen molar-refractivity contribution in [2.24, 2.45) is 0 Å². The molecular weight excluding hydrogens is 792 g/mol. The quantitative estimate of drug-likeness (QED) is 0.131. The number of benzene rings is 3. The van der Waals surface area contributed by atoms with Crippen LogP contribution in [0.2, 0.25) is 5.02 Å². The fourth-order valence-electron chi connectivity index (χ4n) is 4.59. The van der Waals surface area contributed by atoms with Gasteiger partial charge in [-0.3, -0.25) is 4.98 Å². The lowest BCUT2D eigenvalue weighted by Gasteiger charge is -2.36. The van der Waals surface area contributed by atoms with Gasteiger partial charge in [0, 0.05) is 18.7 Å². The van der Waals surface area contributed by atoms with Crippen molar-refractivity contribution in [3.63, 3.8) is 0 Å². The van der Waals surface area contributed by atoms with Crippen LogP contribution in [0, 0.1) is 0 Å². The minimum atomic E-state index is -6.41. The number of alkyl halides is 14. The number of ether oxygens (including phenoxy) is 3. The SMILES string of the molecule is O=C(Nc1cc(OC(F)(F)C(F)(F)F)ccc1OC(F)(F)C(F)(F)F)NC(Cc1ccccc1)(c1cccc(OC(F)(F)C(F)F)c1)c1ccc(Cl)cn1. The summed E-state index contributed by atoms with van der Waals surface area (Å²) in [6.45, 7) is 0. The first-order valence-corrected chi connectivity index (χ1v) is 14.8. The Balaban J connectivity index is 1.88. The molecule has 7 nitrogen and oxygen atoms in total. The number of rotatable bonds is 13. The van der Waals surface area contributed by atoms with Crippen LogP contribution in [0.5, 0.6) is 17.2 Å². The van der Waals surface area contributed by atoms with Crippen molar-refractivity contribution in [1.82, 2.24) is 10.3 Å². The van der Waals surface area contributed by atoms with Gasteiger partial charge >= 0.3 is 43.1 Å². The van der Waals surface area contributed by atoms with E-state index < -0.39 is 78.0 Å². The molecule has 0 saturated heterocycles. The third-order valence-electron chi connectivity index (χ3n) is 6.98. The van der Waals surface area contributed by atoms with Gasteiger partial charge in [0.1, 0.15) is 17.0 Å². The van der Waals surface area contributed by atoms with Crippen LogP contribution in [0.15, 0.2) is 91.1 Å². The number of nitrogens with zero attached hydrogens (tertiary/aromatic N) is 1. The average Bonchev–Trinajstić information content (AvgIpc) is 3.05. The van der Waals surface area contributed by atoms with Crippen LogP contribution in [0.4, 0.5) is 71.9 Å². The normalized spacial score (nSPS) is 13.9. The number of halogens is 15. The predicted octanol–water partition coefficient (Wildman–Crippen LogP) is 10.3. The molecule has 0 aliphatic rings. The Kier molecular flexibility index (Phi) is 11.7. The van der Waals surface area contributed by atoms with E-state index >= 15 is 0 Å². The highest BCUT2D eigenvalue weighted by molar-refractivity contribution is 6.30. The Bertz CT molecular complexity index is 1910. The second-order valence-electron chi connectivity index (χ2n) is 10.9. The van der Waals surface area contributed by atoms with E-state index in [1.807, 2.05) is 0 Å². The first kappa shape index (κ1) is 41.5. The van der Waals surface area contributed by atoms with Crippen molar-refractivity contribution >= 4 is 23.3 Å². The zero-order valence-corrected chi connectivity index (χ0v) is 27.0. The molecule has 54 heavy (non-hydrogen) atoms. The Morgan fingerprint density at radius 2 is 1.31 bits per heavy atom. The summed E-state index contributed by atoms with van der Waals surface area (Å²) in [5.74, 6) is -4.04. The number of nitrogens with one attached hydrogen (secondary N) is 2. The lowest BCUT2D eigenvalue weighted by atomic mass is 9.80. The van der Waals surface area contributed by atoms with E-state index in [9.17, 15) is 66.3 Å². The Morgan fingerprint density at radius 1 is 0.704 bits per heavy atom. The summed E-state index contributed by atoms with van der Waals surface area (Å²) in [4.78, 5) is 17.9. The average molecular weight is 812 g/mol. The molecular formula is C32H20ClF14N3O4. The summed E-state index contributed by atoms with van der Waals surface area (Å²) in [5, 5.41) is 4.05. The third-order valence-corrected chi connectivity index (χ3v) is 7.21. The van der Waals surface area contributed by atoms with Crippen LogP contribution >= 0.6 is 11.6 Å². The number of aromatic nitrogens is 1. The summed E-state index contributed by atoms with van der Waals surface area (Å²) in [6, 6.07) is 12.2. The first-order chi connectivity index (χ1) is 24.8. The van der Waals surface area contributed by atoms with Crippen LogP contribution < -0.4 is 24.8 Å². The molecule has 0 spiro atoms. The van der Waals surface area contributed by atoms with Crippen molar-refractivity contribution in [3.8, 4) is 17.2 Å². The maximum absolute atomic E-state index is 13.9. The molecule has 2 N–H and O–H groups in total. The van der Waals surface area contributed by atoms with E-state index in [1.165, 1.54) is 36.4 Å². The van der Waals surface area contributed by atoms with E-state index in [4.69, 9.17) is 11.6 Å². The molecule has 4 aromatic rings. The van der Waals surface area contributed by atoms with Gasteiger partial charge in [-0.2, -0.15) is 61.5 Å². The molecule has 1 aromatic heterocycles. The van der Waals surface area contributed by atoms with E-state index in [0.29, 0.717) is 5.56 Å². The molecule has 1 unspecified atom stereocenters. The van der Waals surface area contributed by atoms with Gasteiger partial charge in [0.2, 0.25) is 0 Å². The van der Waals surface area contributed by atoms with Gasteiger partial charge in [0.05, 0.1) is 16.4 Å². The largest absolute Gasteiger partial charge is 0.499 e. The van der Waals surface area contributed by atoms with Gasteiger partial charge in [-0.1, -0.05) is 54.1 Å². The maximum Gasteiger partial charge on any atom is 0.499 e. The number of hydrogen-bond donors (Lipinski definition) is 2. The number of anilines is 1. The van der Waals surface area contributed by atoms with Gasteiger partial charge in [0.25, 0.3) is 0 Å². The fraction of sp³-hybridized carbons (Fsp3) is 0.250. The summed E-state index contributed by atoms with van der Waals surface area (Å²) >= 11 is 5.97. The van der Waals surface area contributed by atoms with Crippen molar-refractivity contribution in [2.75, 3.05) is 5.32 Å². The molecule has 22 heteroatoms. The molecule has 0 radical (unpaired) electrons. The van der Waals surface area contributed by atoms with Crippen LogP contribution in [0.25, 0.3) is 0 Å². The van der Waals surface area contributed by atoms with Crippen molar-refractivity contribution in [2.45, 2.75) is 49.1 Å². The van der Waals surface area contributed by atoms with Crippen molar-refractivity contribution in [3.05, 3.63) is 113 Å². The first-order valence-electron chi connectivity index (χ1n) is 14.5. The standard InChI is InChI=1S/C32H20ClF14N3O4/c33-19-9-12-24(48-16-19)27(15-17-5-2-1-3-6-17,18-7-4-8-20(13-18)52-28(36,37)25(34)35)50-26(51)49-22-14-21(53-31(44,45)29(38,39)40)10-11-23(22)54-32(46,47)30(41,42)43/h1-14,16,25H,15H2,(H2,49,50,51).